The minimum absolute atomic E-state index is 0. The van der Waals surface area contributed by atoms with Crippen LogP contribution >= 0.6 is 0 Å². The number of aromatic amines is 2. The van der Waals surface area contributed by atoms with Gasteiger partial charge in [0, 0.05) is 52.4 Å². The molecule has 5 heterocycles. The fourth-order valence-corrected chi connectivity index (χ4v) is 8.61. The summed E-state index contributed by atoms with van der Waals surface area (Å²) in [5.74, 6) is -22.8. The van der Waals surface area contributed by atoms with Crippen molar-refractivity contribution in [2.45, 2.75) is 25.7 Å². The molecule has 2 N–H and O–H groups in total. The lowest BCUT2D eigenvalue weighted by Crippen LogP contribution is -2.22. The van der Waals surface area contributed by atoms with E-state index in [0.717, 1.165) is 0 Å². The van der Waals surface area contributed by atoms with Gasteiger partial charge in [-0.3, -0.25) is 0 Å². The third-order valence-electron chi connectivity index (χ3n) is 11.2. The monoisotopic (exact) mass is 964 g/mol. The van der Waals surface area contributed by atoms with E-state index in [1.165, 1.54) is 72.8 Å². The number of ether oxygens (including phenoxy) is 1. The third-order valence-corrected chi connectivity index (χ3v) is 12.9. The molecule has 0 radical (unpaired) electrons. The summed E-state index contributed by atoms with van der Waals surface area (Å²) in [7, 11) is -1.55. The van der Waals surface area contributed by atoms with Gasteiger partial charge in [0.2, 0.25) is 11.6 Å². The van der Waals surface area contributed by atoms with Gasteiger partial charge in [0.05, 0.1) is 46.1 Å². The van der Waals surface area contributed by atoms with Crippen LogP contribution in [0.25, 0.3) is 90.9 Å². The molecule has 2 aliphatic heterocycles. The van der Waals surface area contributed by atoms with Crippen LogP contribution in [0.4, 0.5) is 43.9 Å². The van der Waals surface area contributed by atoms with Crippen LogP contribution in [0.5, 0.6) is 0 Å². The maximum absolute atomic E-state index is 16.0. The van der Waals surface area contributed by atoms with E-state index in [2.05, 4.69) is 39.6 Å². The Hall–Kier alpha value is -6.77. The fourth-order valence-electron chi connectivity index (χ4n) is 7.90. The average Bonchev–Trinajstić information content (AvgIpc) is 4.17. The number of H-pyrrole nitrogens is 2. The van der Waals surface area contributed by atoms with Crippen LogP contribution in [0.2, 0.25) is 25.7 Å². The van der Waals surface area contributed by atoms with Crippen LogP contribution < -0.4 is 0 Å². The van der Waals surface area contributed by atoms with Gasteiger partial charge in [-0.25, -0.2) is 58.7 Å². The molecule has 342 valence electrons. The van der Waals surface area contributed by atoms with Crippen LogP contribution in [-0.2, 0) is 4.74 Å². The van der Waals surface area contributed by atoms with Crippen LogP contribution in [0.1, 0.15) is 33.1 Å². The first-order valence-electron chi connectivity index (χ1n) is 20.5. The molecule has 68 heavy (non-hydrogen) atoms. The van der Waals surface area contributed by atoms with Gasteiger partial charge in [0.25, 0.3) is 0 Å². The summed E-state index contributed by atoms with van der Waals surface area (Å²) in [6.45, 7) is 6.55. The highest BCUT2D eigenvalue weighted by Crippen LogP contribution is 2.42. The molecule has 7 aromatic rings. The Morgan fingerprint density at radius 3 is 1.18 bits per heavy atom. The number of esters is 1. The molecule has 0 unspecified atom stereocenters. The molecule has 0 fully saturated rings. The van der Waals surface area contributed by atoms with Crippen molar-refractivity contribution in [1.82, 2.24) is 19.9 Å². The molecule has 0 aliphatic carbocycles. The lowest BCUT2D eigenvalue weighted by molar-refractivity contribution is 0.0525. The van der Waals surface area contributed by atoms with E-state index in [-0.39, 0.29) is 91.2 Å². The number of carbonyl (C=O) groups excluding carboxylic acids is 1. The van der Waals surface area contributed by atoms with Crippen molar-refractivity contribution in [1.29, 1.82) is 0 Å². The van der Waals surface area contributed by atoms with Gasteiger partial charge in [-0.05, 0) is 77.9 Å². The first kappa shape index (κ1) is 47.7. The largest absolute Gasteiger partial charge is 0.462 e. The highest BCUT2D eigenvalue weighted by molar-refractivity contribution is 6.76. The predicted octanol–water partition coefficient (Wildman–Crippen LogP) is 13.3. The van der Waals surface area contributed by atoms with E-state index in [9.17, 15) is 13.6 Å². The van der Waals surface area contributed by atoms with E-state index in [0.29, 0.717) is 17.2 Å². The minimum atomic E-state index is -2.38. The Morgan fingerprint density at radius 2 is 0.794 bits per heavy atom. The number of hydrogen-bond donors (Lipinski definition) is 2. The smallest absolute Gasteiger partial charge is 0.338 e. The van der Waals surface area contributed by atoms with Crippen molar-refractivity contribution in [3.05, 3.63) is 165 Å². The number of fused-ring (bicyclic) bond motifs is 8. The quantitative estimate of drug-likeness (QED) is 0.0522. The van der Waals surface area contributed by atoms with E-state index >= 15 is 35.1 Å². The number of nitrogens with one attached hydrogen (secondary N) is 2. The zero-order valence-corrected chi connectivity index (χ0v) is 36.2. The zero-order valence-electron chi connectivity index (χ0n) is 35.2. The van der Waals surface area contributed by atoms with Gasteiger partial charge >= 0.3 is 29.0 Å². The first-order valence-corrected chi connectivity index (χ1v) is 24.2. The highest BCUT2D eigenvalue weighted by atomic mass is 28.3. The lowest BCUT2D eigenvalue weighted by Gasteiger charge is -2.15. The molecule has 0 atom stereocenters. The summed E-state index contributed by atoms with van der Waals surface area (Å²) >= 11 is 0. The van der Waals surface area contributed by atoms with Crippen LogP contribution in [0.15, 0.2) is 78.9 Å². The van der Waals surface area contributed by atoms with Crippen molar-refractivity contribution >= 4 is 83.5 Å². The Balaban J connectivity index is 0.00000625. The van der Waals surface area contributed by atoms with E-state index in [4.69, 9.17) is 4.74 Å². The van der Waals surface area contributed by atoms with E-state index in [1.54, 1.807) is 30.3 Å². The number of halogens is 10. The maximum atomic E-state index is 16.0. The molecular formula is C50H34F10MgN4O2Si. The van der Waals surface area contributed by atoms with Crippen molar-refractivity contribution in [3.8, 4) is 44.5 Å². The number of hydrogen-bond acceptors (Lipinski definition) is 4. The van der Waals surface area contributed by atoms with Gasteiger partial charge in [-0.2, -0.15) is 0 Å². The van der Waals surface area contributed by atoms with Gasteiger partial charge in [-0.1, -0.05) is 62.1 Å². The summed E-state index contributed by atoms with van der Waals surface area (Å²) in [4.78, 5) is 28.4. The van der Waals surface area contributed by atoms with Crippen molar-refractivity contribution in [3.63, 3.8) is 0 Å². The summed E-state index contributed by atoms with van der Waals surface area (Å²) in [5.41, 5.74) is -3.02. The molecule has 9 rings (SSSR count). The lowest BCUT2D eigenvalue weighted by atomic mass is 10.0. The van der Waals surface area contributed by atoms with Gasteiger partial charge in [0.1, 0.15) is 0 Å². The minimum Gasteiger partial charge on any atom is -0.462 e. The number of aromatic nitrogens is 4. The molecule has 6 nitrogen and oxygen atoms in total. The second-order valence-corrected chi connectivity index (χ2v) is 22.4. The SMILES string of the molecule is C[Si](C)(C)CCOC(=O)c1ccc(-c2c3nc(c(-c4c(F)c(F)c(F)c(F)c4F)c4ccc([nH]4)c(-c4ccccc4)c4nc(c(-c5c(F)c(F)c(F)c(F)c5F)c5ccc2[nH]5)C=C4)C=C3)cc1.[MgH2]. The molecule has 0 saturated heterocycles. The van der Waals surface area contributed by atoms with Crippen molar-refractivity contribution in [2.75, 3.05) is 6.61 Å². The molecule has 4 aromatic carbocycles. The summed E-state index contributed by atoms with van der Waals surface area (Å²) < 4.78 is 159. The molecule has 18 heteroatoms. The van der Waals surface area contributed by atoms with Crippen LogP contribution in [-0.4, -0.2) is 63.6 Å². The number of carbonyl (C=O) groups is 1. The number of nitrogens with zero attached hydrogens (tertiary/aromatic N) is 2. The Morgan fingerprint density at radius 1 is 0.456 bits per heavy atom. The Labute approximate surface area is 397 Å². The summed E-state index contributed by atoms with van der Waals surface area (Å²) in [6, 6.07) is 20.4. The van der Waals surface area contributed by atoms with Crippen molar-refractivity contribution in [2.24, 2.45) is 0 Å². The number of rotatable bonds is 8. The molecule has 0 spiro atoms. The molecule has 8 bridgehead atoms. The normalized spacial score (nSPS) is 12.1. The van der Waals surface area contributed by atoms with Crippen molar-refractivity contribution < 1.29 is 53.4 Å². The molecule has 2 aliphatic rings. The van der Waals surface area contributed by atoms with Crippen LogP contribution in [0.3, 0.4) is 0 Å². The molecule has 0 amide bonds. The third kappa shape index (κ3) is 8.44. The first-order chi connectivity index (χ1) is 31.9. The Kier molecular flexibility index (Phi) is 12.9. The maximum Gasteiger partial charge on any atom is 0.338 e. The van der Waals surface area contributed by atoms with E-state index < -0.39 is 94.5 Å². The average molecular weight is 965 g/mol. The van der Waals surface area contributed by atoms with E-state index in [1.807, 2.05) is 0 Å². The highest BCUT2D eigenvalue weighted by Gasteiger charge is 2.32. The molecule has 0 saturated carbocycles. The topological polar surface area (TPSA) is 83.7 Å². The summed E-state index contributed by atoms with van der Waals surface area (Å²) in [6.07, 6.45) is 5.34. The molecule has 3 aromatic heterocycles. The Bertz CT molecular complexity index is 3330. The molecular weight excluding hydrogens is 931 g/mol. The fraction of sp³-hybridized carbons (Fsp3) is 0.100. The van der Waals surface area contributed by atoms with Gasteiger partial charge in [-0.15, -0.1) is 0 Å². The van der Waals surface area contributed by atoms with Gasteiger partial charge in [0.15, 0.2) is 46.5 Å². The predicted molar refractivity (Wildman–Crippen MR) is 247 cm³/mol. The zero-order chi connectivity index (χ0) is 47.6. The summed E-state index contributed by atoms with van der Waals surface area (Å²) in [5, 5.41) is 0. The number of benzene rings is 4. The second kappa shape index (κ2) is 18.4. The standard InChI is InChI=1S/C50H32F10N4O2Si.Mg.2H/c1-67(2,3)22-21-66-50(65)25-11-9-24(10-12-25)35-28-15-19-32(63-28)36(38-40(51)44(55)48(59)45(56)41(38)52)30-17-13-26(61-30)34(23-7-5-4-6-8-23)27-14-18-31(62-27)37(33-20-16-29(35)64-33)39-42(53)46(57)49(60)47(58)43(39)54;;;/h4-20,61,64H,21-22H2,1-3H3;;;. The second-order valence-electron chi connectivity index (χ2n) is 16.8. The van der Waals surface area contributed by atoms with Gasteiger partial charge < -0.3 is 14.7 Å². The van der Waals surface area contributed by atoms with Crippen LogP contribution in [0, 0.1) is 58.2 Å².